The van der Waals surface area contributed by atoms with E-state index >= 15 is 0 Å². The third kappa shape index (κ3) is 4.48. The van der Waals surface area contributed by atoms with Gasteiger partial charge in [0.1, 0.15) is 11.6 Å². The molecular weight excluding hydrogens is 364 g/mol. The fourth-order valence-electron chi connectivity index (χ4n) is 2.64. The van der Waals surface area contributed by atoms with Crippen LogP contribution in [0.2, 0.25) is 0 Å². The molecule has 140 valence electrons. The second-order valence-electron chi connectivity index (χ2n) is 5.92. The van der Waals surface area contributed by atoms with Crippen molar-refractivity contribution in [3.05, 3.63) is 95.6 Å². The first kappa shape index (κ1) is 19.0. The average Bonchev–Trinajstić information content (AvgIpc) is 2.67. The summed E-state index contributed by atoms with van der Waals surface area (Å²) in [5.41, 5.74) is 1.07. The highest BCUT2D eigenvalue weighted by Gasteiger charge is 2.15. The monoisotopic (exact) mass is 379 g/mol. The van der Waals surface area contributed by atoms with Crippen LogP contribution in [0.1, 0.15) is 15.9 Å². The van der Waals surface area contributed by atoms with Crippen LogP contribution in [0.5, 0.6) is 0 Å². The fraction of sp³-hybridized carbons (Fsp3) is 0. The maximum absolute atomic E-state index is 14.0. The number of carboxylic acids is 1. The molecule has 28 heavy (non-hydrogen) atoms. The van der Waals surface area contributed by atoms with Crippen LogP contribution in [0, 0.1) is 11.6 Å². The number of carbonyl (C=O) groups is 2. The van der Waals surface area contributed by atoms with E-state index in [9.17, 15) is 23.5 Å². The van der Waals surface area contributed by atoms with Gasteiger partial charge in [0.25, 0.3) is 0 Å². The molecule has 3 rings (SSSR count). The number of benzene rings is 3. The van der Waals surface area contributed by atoms with Crippen molar-refractivity contribution >= 4 is 23.6 Å². The molecule has 2 N–H and O–H groups in total. The zero-order valence-electron chi connectivity index (χ0n) is 14.5. The van der Waals surface area contributed by atoms with Crippen LogP contribution in [0.25, 0.3) is 17.2 Å². The molecule has 4 nitrogen and oxygen atoms in total. The molecule has 0 aliphatic heterocycles. The van der Waals surface area contributed by atoms with E-state index in [0.717, 1.165) is 17.7 Å². The van der Waals surface area contributed by atoms with Crippen LogP contribution in [0.15, 0.2) is 72.8 Å². The van der Waals surface area contributed by atoms with Gasteiger partial charge in [0.2, 0.25) is 5.91 Å². The summed E-state index contributed by atoms with van der Waals surface area (Å²) in [5.74, 6) is -3.29. The Morgan fingerprint density at radius 2 is 1.68 bits per heavy atom. The highest BCUT2D eigenvalue weighted by Crippen LogP contribution is 2.28. The number of aromatic carboxylic acids is 1. The minimum Gasteiger partial charge on any atom is -0.478 e. The van der Waals surface area contributed by atoms with Crippen LogP contribution in [-0.4, -0.2) is 17.0 Å². The summed E-state index contributed by atoms with van der Waals surface area (Å²) in [4.78, 5) is 23.7. The molecule has 0 radical (unpaired) electrons. The summed E-state index contributed by atoms with van der Waals surface area (Å²) >= 11 is 0. The molecule has 1 amide bonds. The van der Waals surface area contributed by atoms with Gasteiger partial charge in [-0.15, -0.1) is 0 Å². The molecule has 0 heterocycles. The molecule has 0 aromatic heterocycles. The normalized spacial score (nSPS) is 10.8. The van der Waals surface area contributed by atoms with Gasteiger partial charge in [0.05, 0.1) is 11.3 Å². The lowest BCUT2D eigenvalue weighted by Crippen LogP contribution is -2.12. The lowest BCUT2D eigenvalue weighted by Gasteiger charge is -2.10. The van der Waals surface area contributed by atoms with E-state index in [4.69, 9.17) is 0 Å². The van der Waals surface area contributed by atoms with Crippen molar-refractivity contribution in [3.8, 4) is 11.1 Å². The summed E-state index contributed by atoms with van der Waals surface area (Å²) in [7, 11) is 0. The van der Waals surface area contributed by atoms with Crippen molar-refractivity contribution in [1.82, 2.24) is 0 Å². The second kappa shape index (κ2) is 8.26. The summed E-state index contributed by atoms with van der Waals surface area (Å²) in [6.45, 7) is 0. The number of nitrogens with one attached hydrogen (secondary N) is 1. The first-order chi connectivity index (χ1) is 13.4. The summed E-state index contributed by atoms with van der Waals surface area (Å²) < 4.78 is 27.2. The van der Waals surface area contributed by atoms with Gasteiger partial charge < -0.3 is 10.4 Å². The zero-order valence-corrected chi connectivity index (χ0v) is 14.5. The molecular formula is C22H15F2NO3. The second-order valence-corrected chi connectivity index (χ2v) is 5.92. The molecule has 0 spiro atoms. The topological polar surface area (TPSA) is 66.4 Å². The molecule has 0 atom stereocenters. The van der Waals surface area contributed by atoms with Gasteiger partial charge in [-0.05, 0) is 41.5 Å². The van der Waals surface area contributed by atoms with E-state index in [0.29, 0.717) is 5.56 Å². The summed E-state index contributed by atoms with van der Waals surface area (Å²) in [5, 5.41) is 11.8. The summed E-state index contributed by atoms with van der Waals surface area (Å²) in [6, 6.07) is 16.2. The third-order valence-corrected chi connectivity index (χ3v) is 3.98. The number of carbonyl (C=O) groups excluding carboxylic acids is 1. The third-order valence-electron chi connectivity index (χ3n) is 3.98. The van der Waals surface area contributed by atoms with Gasteiger partial charge in [0.15, 0.2) is 0 Å². The number of anilines is 1. The van der Waals surface area contributed by atoms with E-state index < -0.39 is 23.5 Å². The van der Waals surface area contributed by atoms with Gasteiger partial charge >= 0.3 is 5.97 Å². The molecule has 0 saturated carbocycles. The van der Waals surface area contributed by atoms with Gasteiger partial charge in [-0.3, -0.25) is 4.79 Å². The first-order valence-electron chi connectivity index (χ1n) is 8.31. The molecule has 0 aliphatic carbocycles. The van der Waals surface area contributed by atoms with Crippen LogP contribution < -0.4 is 5.32 Å². The number of carboxylic acid groups (broad SMARTS) is 1. The van der Waals surface area contributed by atoms with Crippen LogP contribution >= 0.6 is 0 Å². The van der Waals surface area contributed by atoms with Crippen LogP contribution in [0.3, 0.4) is 0 Å². The van der Waals surface area contributed by atoms with Crippen LogP contribution in [0.4, 0.5) is 14.5 Å². The highest BCUT2D eigenvalue weighted by molar-refractivity contribution is 6.06. The molecule has 0 aliphatic rings. The predicted molar refractivity (Wildman–Crippen MR) is 103 cm³/mol. The lowest BCUT2D eigenvalue weighted by atomic mass is 10.0. The SMILES string of the molecule is O=C(/C=C/c1ccccc1)Nc1cc(-c2ccc(F)cc2F)ccc1C(=O)O. The minimum atomic E-state index is -1.24. The van der Waals surface area contributed by atoms with Gasteiger partial charge in [-0.1, -0.05) is 36.4 Å². The zero-order chi connectivity index (χ0) is 20.1. The van der Waals surface area contributed by atoms with Crippen molar-refractivity contribution in [3.63, 3.8) is 0 Å². The van der Waals surface area contributed by atoms with E-state index in [-0.39, 0.29) is 16.8 Å². The highest BCUT2D eigenvalue weighted by atomic mass is 19.1. The number of halogens is 2. The van der Waals surface area contributed by atoms with Gasteiger partial charge in [-0.2, -0.15) is 0 Å². The lowest BCUT2D eigenvalue weighted by molar-refractivity contribution is -0.111. The van der Waals surface area contributed by atoms with E-state index in [1.54, 1.807) is 6.08 Å². The van der Waals surface area contributed by atoms with E-state index in [1.807, 2.05) is 30.3 Å². The van der Waals surface area contributed by atoms with Crippen LogP contribution in [-0.2, 0) is 4.79 Å². The Labute approximate surface area is 159 Å². The quantitative estimate of drug-likeness (QED) is 0.615. The molecule has 3 aromatic carbocycles. The Kier molecular flexibility index (Phi) is 5.60. The number of rotatable bonds is 5. The van der Waals surface area contributed by atoms with Crippen molar-refractivity contribution in [2.24, 2.45) is 0 Å². The molecule has 0 fully saturated rings. The van der Waals surface area contributed by atoms with E-state index in [1.165, 1.54) is 30.3 Å². The van der Waals surface area contributed by atoms with Crippen molar-refractivity contribution in [2.45, 2.75) is 0 Å². The van der Waals surface area contributed by atoms with Crippen molar-refractivity contribution in [2.75, 3.05) is 5.32 Å². The molecule has 3 aromatic rings. The Bertz CT molecular complexity index is 1060. The molecule has 6 heteroatoms. The summed E-state index contributed by atoms with van der Waals surface area (Å²) in [6.07, 6.45) is 2.85. The van der Waals surface area contributed by atoms with Gasteiger partial charge in [0, 0.05) is 17.7 Å². The molecule has 0 bridgehead atoms. The number of hydrogen-bond acceptors (Lipinski definition) is 2. The van der Waals surface area contributed by atoms with E-state index in [2.05, 4.69) is 5.32 Å². The molecule has 0 unspecified atom stereocenters. The maximum atomic E-state index is 14.0. The Hall–Kier alpha value is -3.80. The average molecular weight is 379 g/mol. The largest absolute Gasteiger partial charge is 0.478 e. The number of hydrogen-bond donors (Lipinski definition) is 2. The predicted octanol–water partition coefficient (Wildman–Crippen LogP) is 4.98. The fourth-order valence-corrected chi connectivity index (χ4v) is 2.64. The van der Waals surface area contributed by atoms with Crippen molar-refractivity contribution in [1.29, 1.82) is 0 Å². The van der Waals surface area contributed by atoms with Gasteiger partial charge in [-0.25, -0.2) is 13.6 Å². The first-order valence-corrected chi connectivity index (χ1v) is 8.31. The smallest absolute Gasteiger partial charge is 0.337 e. The maximum Gasteiger partial charge on any atom is 0.337 e. The standard InChI is InChI=1S/C22H15F2NO3/c23-16-8-10-17(19(24)13-16)15-7-9-18(22(27)28)20(12-15)25-21(26)11-6-14-4-2-1-3-5-14/h1-13H,(H,25,26)(H,27,28)/b11-6+. The Morgan fingerprint density at radius 3 is 2.36 bits per heavy atom. The van der Waals surface area contributed by atoms with Crippen molar-refractivity contribution < 1.29 is 23.5 Å². The Morgan fingerprint density at radius 1 is 0.929 bits per heavy atom. The number of amides is 1. The minimum absolute atomic E-state index is 0.0106. The molecule has 0 saturated heterocycles. The Balaban J connectivity index is 1.91.